The van der Waals surface area contributed by atoms with E-state index in [-0.39, 0.29) is 16.6 Å². The summed E-state index contributed by atoms with van der Waals surface area (Å²) < 4.78 is 39.8. The van der Waals surface area contributed by atoms with Gasteiger partial charge in [-0.15, -0.1) is 0 Å². The lowest BCUT2D eigenvalue weighted by Gasteiger charge is -2.20. The third-order valence-corrected chi connectivity index (χ3v) is 8.17. The van der Waals surface area contributed by atoms with Crippen molar-refractivity contribution >= 4 is 27.3 Å². The van der Waals surface area contributed by atoms with E-state index in [9.17, 15) is 13.2 Å². The van der Waals surface area contributed by atoms with E-state index in [1.165, 1.54) is 16.4 Å². The van der Waals surface area contributed by atoms with E-state index < -0.39 is 15.9 Å². The van der Waals surface area contributed by atoms with Gasteiger partial charge >= 0.3 is 0 Å². The zero-order valence-corrected chi connectivity index (χ0v) is 20.4. The molecular formula is C27H28N2O5S. The lowest BCUT2D eigenvalue weighted by molar-refractivity contribution is 0.0681. The molecule has 1 saturated heterocycles. The summed E-state index contributed by atoms with van der Waals surface area (Å²) in [5.41, 5.74) is 3.48. The zero-order valence-electron chi connectivity index (χ0n) is 19.6. The largest absolute Gasteiger partial charge is 0.489 e. The van der Waals surface area contributed by atoms with Crippen LogP contribution >= 0.6 is 0 Å². The normalized spacial score (nSPS) is 17.3. The minimum absolute atomic E-state index is 0.0525. The van der Waals surface area contributed by atoms with E-state index in [0.717, 1.165) is 30.6 Å². The second-order valence-electron chi connectivity index (χ2n) is 8.88. The molecule has 0 spiro atoms. The van der Waals surface area contributed by atoms with Crippen LogP contribution in [0.3, 0.4) is 0 Å². The molecular weight excluding hydrogens is 464 g/mol. The lowest BCUT2D eigenvalue weighted by Crippen LogP contribution is -2.29. The molecule has 182 valence electrons. The van der Waals surface area contributed by atoms with Gasteiger partial charge in [-0.1, -0.05) is 30.3 Å². The molecule has 5 rings (SSSR count). The molecule has 8 heteroatoms. The van der Waals surface area contributed by atoms with Gasteiger partial charge in [0.1, 0.15) is 12.4 Å². The molecule has 1 atom stereocenters. The molecule has 0 aliphatic carbocycles. The van der Waals surface area contributed by atoms with Crippen LogP contribution in [0, 0.1) is 6.92 Å². The number of carbonyl (C=O) groups excluding carboxylic acids is 1. The van der Waals surface area contributed by atoms with Crippen molar-refractivity contribution in [3.63, 3.8) is 0 Å². The van der Waals surface area contributed by atoms with Gasteiger partial charge in [0.05, 0.1) is 22.4 Å². The summed E-state index contributed by atoms with van der Waals surface area (Å²) in [5.74, 6) is 0.154. The number of benzene rings is 3. The van der Waals surface area contributed by atoms with Crippen LogP contribution in [0.15, 0.2) is 71.6 Å². The Bertz CT molecular complexity index is 1350. The molecule has 3 aromatic carbocycles. The molecule has 1 fully saturated rings. The van der Waals surface area contributed by atoms with Crippen LogP contribution in [-0.2, 0) is 21.2 Å². The van der Waals surface area contributed by atoms with E-state index in [0.29, 0.717) is 36.7 Å². The van der Waals surface area contributed by atoms with Gasteiger partial charge in [-0.25, -0.2) is 8.42 Å². The molecule has 0 radical (unpaired) electrons. The molecule has 3 aromatic rings. The average molecular weight is 493 g/mol. The second-order valence-corrected chi connectivity index (χ2v) is 10.7. The SMILES string of the molecule is Cc1ccc(NC(=O)c2cccc(S(=O)(=O)N3CCc4ccccc43)c2)c(OCC2CCCO2)c1. The second kappa shape index (κ2) is 9.71. The van der Waals surface area contributed by atoms with Gasteiger partial charge in [0.15, 0.2) is 0 Å². The first-order valence-corrected chi connectivity index (χ1v) is 13.2. The Kier molecular flexibility index (Phi) is 6.49. The van der Waals surface area contributed by atoms with E-state index in [2.05, 4.69) is 5.32 Å². The highest BCUT2D eigenvalue weighted by atomic mass is 32.2. The number of nitrogens with zero attached hydrogens (tertiary/aromatic N) is 1. The topological polar surface area (TPSA) is 84.9 Å². The van der Waals surface area contributed by atoms with Crippen molar-refractivity contribution in [1.82, 2.24) is 0 Å². The Morgan fingerprint density at radius 2 is 1.97 bits per heavy atom. The number of amides is 1. The van der Waals surface area contributed by atoms with Crippen LogP contribution in [-0.4, -0.2) is 40.2 Å². The number of carbonyl (C=O) groups is 1. The zero-order chi connectivity index (χ0) is 24.4. The molecule has 2 aliphatic rings. The standard InChI is InChI=1S/C27H28N2O5S/c1-19-11-12-24(26(16-19)34-18-22-8-5-15-33-22)28-27(30)21-7-4-9-23(17-21)35(31,32)29-14-13-20-6-2-3-10-25(20)29/h2-4,6-7,9-12,16-17,22H,5,8,13-15,18H2,1H3,(H,28,30). The quantitative estimate of drug-likeness (QED) is 0.523. The number of rotatable bonds is 7. The van der Waals surface area contributed by atoms with Crippen molar-refractivity contribution in [3.8, 4) is 5.75 Å². The summed E-state index contributed by atoms with van der Waals surface area (Å²) in [7, 11) is -3.80. The third-order valence-electron chi connectivity index (χ3n) is 6.36. The highest BCUT2D eigenvalue weighted by Crippen LogP contribution is 2.33. The maximum Gasteiger partial charge on any atom is 0.264 e. The Morgan fingerprint density at radius 3 is 2.80 bits per heavy atom. The predicted octanol–water partition coefficient (Wildman–Crippen LogP) is 4.56. The van der Waals surface area contributed by atoms with Crippen LogP contribution in [0.5, 0.6) is 5.75 Å². The number of para-hydroxylation sites is 1. The molecule has 1 unspecified atom stereocenters. The van der Waals surface area contributed by atoms with Gasteiger partial charge in [0.25, 0.3) is 15.9 Å². The monoisotopic (exact) mass is 492 g/mol. The van der Waals surface area contributed by atoms with Gasteiger partial charge in [-0.05, 0) is 73.7 Å². The molecule has 0 saturated carbocycles. The fraction of sp³-hybridized carbons (Fsp3) is 0.296. The molecule has 2 aliphatic heterocycles. The van der Waals surface area contributed by atoms with Gasteiger partial charge in [-0.2, -0.15) is 0 Å². The number of nitrogens with one attached hydrogen (secondary N) is 1. The van der Waals surface area contributed by atoms with Crippen molar-refractivity contribution in [2.75, 3.05) is 29.4 Å². The van der Waals surface area contributed by atoms with Crippen molar-refractivity contribution in [1.29, 1.82) is 0 Å². The first-order valence-electron chi connectivity index (χ1n) is 11.8. The molecule has 0 aromatic heterocycles. The van der Waals surface area contributed by atoms with E-state index in [1.807, 2.05) is 43.3 Å². The van der Waals surface area contributed by atoms with Crippen LogP contribution in [0.4, 0.5) is 11.4 Å². The van der Waals surface area contributed by atoms with E-state index in [4.69, 9.17) is 9.47 Å². The fourth-order valence-electron chi connectivity index (χ4n) is 4.49. The summed E-state index contributed by atoms with van der Waals surface area (Å²) >= 11 is 0. The number of sulfonamides is 1. The first kappa shape index (κ1) is 23.4. The van der Waals surface area contributed by atoms with Crippen LogP contribution in [0.2, 0.25) is 0 Å². The maximum atomic E-state index is 13.4. The van der Waals surface area contributed by atoms with Crippen molar-refractivity contribution in [2.45, 2.75) is 37.2 Å². The van der Waals surface area contributed by atoms with Crippen molar-refractivity contribution < 1.29 is 22.7 Å². The number of anilines is 2. The minimum atomic E-state index is -3.80. The summed E-state index contributed by atoms with van der Waals surface area (Å²) in [6, 6.07) is 19.2. The van der Waals surface area contributed by atoms with E-state index in [1.54, 1.807) is 18.2 Å². The van der Waals surface area contributed by atoms with Crippen LogP contribution in [0.1, 0.15) is 34.3 Å². The van der Waals surface area contributed by atoms with Crippen molar-refractivity contribution in [3.05, 3.63) is 83.4 Å². The summed E-state index contributed by atoms with van der Waals surface area (Å²) in [6.07, 6.45) is 2.69. The Morgan fingerprint density at radius 1 is 1.11 bits per heavy atom. The van der Waals surface area contributed by atoms with Gasteiger partial charge in [0.2, 0.25) is 0 Å². The Labute approximate surface area is 205 Å². The summed E-state index contributed by atoms with van der Waals surface area (Å²) in [4.78, 5) is 13.2. The maximum absolute atomic E-state index is 13.4. The minimum Gasteiger partial charge on any atom is -0.489 e. The number of aryl methyl sites for hydroxylation is 1. The Hall–Kier alpha value is -3.36. The highest BCUT2D eigenvalue weighted by Gasteiger charge is 2.31. The van der Waals surface area contributed by atoms with Gasteiger partial charge in [-0.3, -0.25) is 9.10 Å². The van der Waals surface area contributed by atoms with E-state index >= 15 is 0 Å². The molecule has 7 nitrogen and oxygen atoms in total. The number of hydrogen-bond acceptors (Lipinski definition) is 5. The Balaban J connectivity index is 1.35. The average Bonchev–Trinajstić information content (AvgIpc) is 3.54. The number of fused-ring (bicyclic) bond motifs is 1. The summed E-state index contributed by atoms with van der Waals surface area (Å²) in [5, 5.41) is 2.88. The molecule has 2 heterocycles. The number of ether oxygens (including phenoxy) is 2. The summed E-state index contributed by atoms with van der Waals surface area (Å²) in [6.45, 7) is 3.49. The van der Waals surface area contributed by atoms with Gasteiger partial charge in [0, 0.05) is 18.7 Å². The fourth-order valence-corrected chi connectivity index (χ4v) is 6.04. The molecule has 35 heavy (non-hydrogen) atoms. The smallest absolute Gasteiger partial charge is 0.264 e. The van der Waals surface area contributed by atoms with Gasteiger partial charge < -0.3 is 14.8 Å². The van der Waals surface area contributed by atoms with Crippen LogP contribution in [0.25, 0.3) is 0 Å². The number of hydrogen-bond donors (Lipinski definition) is 1. The lowest BCUT2D eigenvalue weighted by atomic mass is 10.1. The molecule has 1 amide bonds. The van der Waals surface area contributed by atoms with Crippen LogP contribution < -0.4 is 14.4 Å². The predicted molar refractivity (Wildman–Crippen MR) is 135 cm³/mol. The van der Waals surface area contributed by atoms with Crippen molar-refractivity contribution in [2.24, 2.45) is 0 Å². The molecule has 0 bridgehead atoms. The molecule has 1 N–H and O–H groups in total. The highest BCUT2D eigenvalue weighted by molar-refractivity contribution is 7.92. The first-order chi connectivity index (χ1) is 16.9. The third kappa shape index (κ3) is 4.90.